The van der Waals surface area contributed by atoms with Gasteiger partial charge < -0.3 is 16.2 Å². The number of aliphatic hydroxyl groups is 1. The Bertz CT molecular complexity index is 1470. The molecule has 0 spiro atoms. The SMILES string of the molecule is CCC1(O)CC2CC(C)C(Nc3c(C(N)=Nc4ccccc4)cnn4cc(-c5cnn(C)c5)cc34)C(C2)C1. The lowest BCUT2D eigenvalue weighted by Crippen LogP contribution is -2.51. The van der Waals surface area contributed by atoms with Crippen molar-refractivity contribution in [2.24, 2.45) is 35.5 Å². The van der Waals surface area contributed by atoms with Crippen molar-refractivity contribution in [3.05, 3.63) is 66.7 Å². The van der Waals surface area contributed by atoms with Gasteiger partial charge in [0, 0.05) is 36.6 Å². The van der Waals surface area contributed by atoms with Crippen molar-refractivity contribution in [3.63, 3.8) is 0 Å². The van der Waals surface area contributed by atoms with Crippen molar-refractivity contribution >= 4 is 22.7 Å². The number of nitrogens with one attached hydrogen (secondary N) is 1. The van der Waals surface area contributed by atoms with Crippen LogP contribution in [0.25, 0.3) is 16.6 Å². The van der Waals surface area contributed by atoms with E-state index < -0.39 is 5.60 Å². The Balaban J connectivity index is 1.45. The number of benzene rings is 1. The Morgan fingerprint density at radius 3 is 2.68 bits per heavy atom. The third-order valence-electron chi connectivity index (χ3n) is 8.70. The monoisotopic (exact) mass is 511 g/mol. The van der Waals surface area contributed by atoms with E-state index in [9.17, 15) is 5.11 Å². The van der Waals surface area contributed by atoms with E-state index in [2.05, 4.69) is 30.3 Å². The van der Waals surface area contributed by atoms with Gasteiger partial charge in [-0.05, 0) is 68.1 Å². The molecule has 6 rings (SSSR count). The highest BCUT2D eigenvalue weighted by Gasteiger charge is 2.46. The highest BCUT2D eigenvalue weighted by atomic mass is 16.3. The fourth-order valence-corrected chi connectivity index (χ4v) is 6.84. The Morgan fingerprint density at radius 2 is 1.95 bits per heavy atom. The molecule has 1 aromatic carbocycles. The van der Waals surface area contributed by atoms with E-state index in [1.54, 1.807) is 4.68 Å². The topological polar surface area (TPSA) is 106 Å². The Labute approximate surface area is 223 Å². The van der Waals surface area contributed by atoms with E-state index in [1.165, 1.54) is 0 Å². The minimum Gasteiger partial charge on any atom is -0.390 e. The zero-order valence-electron chi connectivity index (χ0n) is 22.4. The average Bonchev–Trinajstić information content (AvgIpc) is 3.53. The van der Waals surface area contributed by atoms with Crippen LogP contribution in [0.1, 0.15) is 51.5 Å². The molecule has 38 heavy (non-hydrogen) atoms. The molecule has 0 saturated heterocycles. The predicted molar refractivity (Wildman–Crippen MR) is 151 cm³/mol. The van der Waals surface area contributed by atoms with E-state index in [1.807, 2.05) is 66.7 Å². The van der Waals surface area contributed by atoms with Crippen molar-refractivity contribution in [2.45, 2.75) is 57.6 Å². The average molecular weight is 512 g/mol. The third-order valence-corrected chi connectivity index (χ3v) is 8.70. The van der Waals surface area contributed by atoms with Crippen LogP contribution >= 0.6 is 0 Å². The summed E-state index contributed by atoms with van der Waals surface area (Å²) in [4.78, 5) is 4.73. The first-order valence-corrected chi connectivity index (χ1v) is 13.7. The first-order valence-electron chi connectivity index (χ1n) is 13.7. The molecule has 198 valence electrons. The van der Waals surface area contributed by atoms with Crippen molar-refractivity contribution in [2.75, 3.05) is 5.32 Å². The molecule has 5 atom stereocenters. The molecule has 2 fully saturated rings. The van der Waals surface area contributed by atoms with Gasteiger partial charge in [-0.2, -0.15) is 10.2 Å². The lowest BCUT2D eigenvalue weighted by atomic mass is 9.60. The maximum Gasteiger partial charge on any atom is 0.135 e. The summed E-state index contributed by atoms with van der Waals surface area (Å²) in [5.74, 6) is 1.87. The van der Waals surface area contributed by atoms with Crippen molar-refractivity contribution < 1.29 is 5.11 Å². The molecular weight excluding hydrogens is 474 g/mol. The van der Waals surface area contributed by atoms with Gasteiger partial charge in [-0.1, -0.05) is 32.0 Å². The standard InChI is InChI=1S/C30H37N7O/c1-4-30(38)13-20-10-19(2)27(21(11-20)14-30)35-28-25(29(31)34-24-8-6-5-7-9-24)16-33-37-18-22(12-26(28)37)23-15-32-36(3)17-23/h5-9,12,15-21,27,35,38H,4,10-11,13-14H2,1-3H3,(H2,31,34). The number of aliphatic imine (C=N–C) groups is 1. The zero-order valence-corrected chi connectivity index (χ0v) is 22.4. The van der Waals surface area contributed by atoms with Gasteiger partial charge in [0.1, 0.15) is 5.84 Å². The molecule has 2 saturated carbocycles. The number of hydrogen-bond donors (Lipinski definition) is 3. The summed E-state index contributed by atoms with van der Waals surface area (Å²) >= 11 is 0. The van der Waals surface area contributed by atoms with E-state index in [-0.39, 0.29) is 6.04 Å². The molecule has 2 aliphatic rings. The van der Waals surface area contributed by atoms with Gasteiger partial charge in [-0.3, -0.25) is 4.68 Å². The molecule has 2 aliphatic carbocycles. The fraction of sp³-hybridized carbons (Fsp3) is 0.433. The third kappa shape index (κ3) is 4.58. The number of nitrogens with zero attached hydrogens (tertiary/aromatic N) is 5. The molecule has 3 aromatic heterocycles. The largest absolute Gasteiger partial charge is 0.390 e. The fourth-order valence-electron chi connectivity index (χ4n) is 6.84. The van der Waals surface area contributed by atoms with Gasteiger partial charge in [0.25, 0.3) is 0 Å². The van der Waals surface area contributed by atoms with Crippen molar-refractivity contribution in [1.29, 1.82) is 0 Å². The summed E-state index contributed by atoms with van der Waals surface area (Å²) in [5.41, 5.74) is 11.6. The number of amidine groups is 1. The molecule has 3 heterocycles. The van der Waals surface area contributed by atoms with Gasteiger partial charge in [0.15, 0.2) is 0 Å². The lowest BCUT2D eigenvalue weighted by molar-refractivity contribution is -0.0655. The van der Waals surface area contributed by atoms with Crippen LogP contribution in [0.15, 0.2) is 66.2 Å². The van der Waals surface area contributed by atoms with Crippen LogP contribution in [-0.2, 0) is 7.05 Å². The van der Waals surface area contributed by atoms with Crippen LogP contribution in [0.3, 0.4) is 0 Å². The van der Waals surface area contributed by atoms with Crippen LogP contribution in [0.2, 0.25) is 0 Å². The zero-order chi connectivity index (χ0) is 26.4. The summed E-state index contributed by atoms with van der Waals surface area (Å²) in [6.45, 7) is 4.45. The summed E-state index contributed by atoms with van der Waals surface area (Å²) in [5, 5.41) is 24.3. The van der Waals surface area contributed by atoms with Gasteiger partial charge in [0.2, 0.25) is 0 Å². The number of fused-ring (bicyclic) bond motifs is 3. The van der Waals surface area contributed by atoms with Gasteiger partial charge >= 0.3 is 0 Å². The van der Waals surface area contributed by atoms with Gasteiger partial charge in [0.05, 0.1) is 40.4 Å². The second-order valence-corrected chi connectivity index (χ2v) is 11.5. The number of anilines is 1. The highest BCUT2D eigenvalue weighted by molar-refractivity contribution is 6.06. The number of nitrogens with two attached hydrogens (primary N) is 1. The molecule has 4 N–H and O–H groups in total. The van der Waals surface area contributed by atoms with E-state index >= 15 is 0 Å². The van der Waals surface area contributed by atoms with Gasteiger partial charge in [-0.25, -0.2) is 9.51 Å². The number of hydrogen-bond acceptors (Lipinski definition) is 5. The van der Waals surface area contributed by atoms with E-state index in [4.69, 9.17) is 15.8 Å². The molecule has 0 radical (unpaired) electrons. The normalized spacial score (nSPS) is 27.5. The molecule has 4 aromatic rings. The molecule has 8 nitrogen and oxygen atoms in total. The Kier molecular flexibility index (Phi) is 6.22. The molecule has 8 heteroatoms. The smallest absolute Gasteiger partial charge is 0.135 e. The minimum absolute atomic E-state index is 0.218. The number of aryl methyl sites for hydroxylation is 1. The predicted octanol–water partition coefficient (Wildman–Crippen LogP) is 5.15. The summed E-state index contributed by atoms with van der Waals surface area (Å²) in [7, 11) is 1.92. The number of aromatic nitrogens is 4. The first-order chi connectivity index (χ1) is 18.3. The van der Waals surface area contributed by atoms with Gasteiger partial charge in [-0.15, -0.1) is 0 Å². The van der Waals surface area contributed by atoms with E-state index in [0.717, 1.165) is 65.7 Å². The molecule has 2 bridgehead atoms. The van der Waals surface area contributed by atoms with Crippen LogP contribution in [0.4, 0.5) is 11.4 Å². The highest BCUT2D eigenvalue weighted by Crippen LogP contribution is 2.48. The first kappa shape index (κ1) is 24.7. The maximum atomic E-state index is 11.3. The quantitative estimate of drug-likeness (QED) is 0.245. The lowest BCUT2D eigenvalue weighted by Gasteiger charge is -2.50. The number of rotatable bonds is 6. The second-order valence-electron chi connectivity index (χ2n) is 11.5. The van der Waals surface area contributed by atoms with Crippen molar-refractivity contribution in [1.82, 2.24) is 19.4 Å². The van der Waals surface area contributed by atoms with Crippen LogP contribution in [0.5, 0.6) is 0 Å². The van der Waals surface area contributed by atoms with Crippen LogP contribution in [-0.4, -0.2) is 42.0 Å². The Morgan fingerprint density at radius 1 is 1.13 bits per heavy atom. The summed E-state index contributed by atoms with van der Waals surface area (Å²) in [6, 6.07) is 12.1. The molecule has 5 unspecified atom stereocenters. The molecule has 0 amide bonds. The van der Waals surface area contributed by atoms with Crippen LogP contribution < -0.4 is 11.1 Å². The summed E-state index contributed by atoms with van der Waals surface area (Å²) < 4.78 is 3.71. The van der Waals surface area contributed by atoms with E-state index in [0.29, 0.717) is 23.6 Å². The number of para-hydroxylation sites is 1. The van der Waals surface area contributed by atoms with Crippen molar-refractivity contribution in [3.8, 4) is 11.1 Å². The maximum absolute atomic E-state index is 11.3. The minimum atomic E-state index is -0.569. The summed E-state index contributed by atoms with van der Waals surface area (Å²) in [6.07, 6.45) is 12.5. The Hall–Kier alpha value is -3.65. The second kappa shape index (κ2) is 9.58. The molecular formula is C30H37N7O. The van der Waals surface area contributed by atoms with Crippen LogP contribution in [0, 0.1) is 17.8 Å². The molecule has 0 aliphatic heterocycles.